The molecule has 0 spiro atoms. The first-order valence-corrected chi connectivity index (χ1v) is 12.0. The molecule has 0 aliphatic carbocycles. The monoisotopic (exact) mass is 529 g/mol. The molecule has 164 valence electrons. The van der Waals surface area contributed by atoms with Crippen LogP contribution in [-0.4, -0.2) is 22.2 Å². The maximum atomic E-state index is 12.5. The number of halogens is 2. The summed E-state index contributed by atoms with van der Waals surface area (Å²) >= 11 is 10.8. The fraction of sp³-hybridized carbons (Fsp3) is 0.167. The first-order chi connectivity index (χ1) is 15.4. The lowest BCUT2D eigenvalue weighted by atomic mass is 10.2. The van der Waals surface area contributed by atoms with Gasteiger partial charge in [0.2, 0.25) is 0 Å². The van der Waals surface area contributed by atoms with E-state index in [0.717, 1.165) is 32.9 Å². The molecule has 2 aromatic carbocycles. The number of carbonyl (C=O) groups excluding carboxylic acids is 1. The fourth-order valence-electron chi connectivity index (χ4n) is 3.48. The number of benzene rings is 2. The Morgan fingerprint density at radius 2 is 1.94 bits per heavy atom. The van der Waals surface area contributed by atoms with Gasteiger partial charge in [-0.2, -0.15) is 0 Å². The number of nitrogens with zero attached hydrogens (tertiary/aromatic N) is 2. The number of ether oxygens (including phenoxy) is 1. The van der Waals surface area contributed by atoms with Gasteiger partial charge < -0.3 is 14.6 Å². The van der Waals surface area contributed by atoms with Gasteiger partial charge in [-0.25, -0.2) is 4.99 Å². The van der Waals surface area contributed by atoms with E-state index in [1.807, 2.05) is 56.3 Å². The smallest absolute Gasteiger partial charge is 0.264 e. The summed E-state index contributed by atoms with van der Waals surface area (Å²) in [5, 5.41) is 3.92. The number of aromatic nitrogens is 1. The quantitative estimate of drug-likeness (QED) is 0.369. The van der Waals surface area contributed by atoms with Crippen LogP contribution in [0.2, 0.25) is 5.02 Å². The lowest BCUT2D eigenvalue weighted by molar-refractivity contribution is -0.115. The molecule has 0 radical (unpaired) electrons. The van der Waals surface area contributed by atoms with Crippen LogP contribution in [0.5, 0.6) is 5.75 Å². The number of amides is 1. The topological polar surface area (TPSA) is 55.6 Å². The van der Waals surface area contributed by atoms with Gasteiger partial charge in [0, 0.05) is 21.5 Å². The molecule has 8 heteroatoms. The standard InChI is InChI=1S/C24H21BrClN3O2S/c1-4-31-19-8-6-18(7-9-19)29-14(2)11-16(15(29)3)12-22-23(30)28-24(32-22)27-17-5-10-20(25)21(26)13-17/h5-13H,4H2,1-3H3,(H,27,28,30)/b22-12-. The van der Waals surface area contributed by atoms with Gasteiger partial charge in [-0.15, -0.1) is 0 Å². The number of rotatable bonds is 5. The molecule has 32 heavy (non-hydrogen) atoms. The van der Waals surface area contributed by atoms with E-state index in [0.29, 0.717) is 27.4 Å². The summed E-state index contributed by atoms with van der Waals surface area (Å²) in [6, 6.07) is 15.5. The van der Waals surface area contributed by atoms with Crippen LogP contribution in [0.15, 0.2) is 62.9 Å². The molecule has 5 nitrogen and oxygen atoms in total. The second kappa shape index (κ2) is 9.57. The van der Waals surface area contributed by atoms with E-state index in [1.165, 1.54) is 11.8 Å². The number of aryl methyl sites for hydroxylation is 1. The summed E-state index contributed by atoms with van der Waals surface area (Å²) in [4.78, 5) is 17.6. The predicted octanol–water partition coefficient (Wildman–Crippen LogP) is 6.80. The highest BCUT2D eigenvalue weighted by Crippen LogP contribution is 2.32. The average Bonchev–Trinajstić information content (AvgIpc) is 3.24. The van der Waals surface area contributed by atoms with Crippen molar-refractivity contribution in [3.05, 3.63) is 79.9 Å². The van der Waals surface area contributed by atoms with Crippen molar-refractivity contribution in [3.63, 3.8) is 0 Å². The molecule has 3 aromatic rings. The number of thioether (sulfide) groups is 1. The third-order valence-corrected chi connectivity index (χ3v) is 7.09. The van der Waals surface area contributed by atoms with Gasteiger partial charge in [0.05, 0.1) is 22.2 Å². The van der Waals surface area contributed by atoms with Crippen LogP contribution >= 0.6 is 39.3 Å². The highest BCUT2D eigenvalue weighted by molar-refractivity contribution is 9.10. The predicted molar refractivity (Wildman–Crippen MR) is 136 cm³/mol. The number of nitrogens with one attached hydrogen (secondary N) is 1. The third kappa shape index (κ3) is 4.80. The molecule has 0 bridgehead atoms. The summed E-state index contributed by atoms with van der Waals surface area (Å²) in [6.07, 6.45) is 1.91. The first kappa shape index (κ1) is 22.7. The zero-order valence-electron chi connectivity index (χ0n) is 17.8. The first-order valence-electron chi connectivity index (χ1n) is 10.0. The SMILES string of the molecule is CCOc1ccc(-n2c(C)cc(/C=C3\SC(=Nc4ccc(Br)c(Cl)c4)NC3=O)c2C)cc1. The molecule has 0 atom stereocenters. The van der Waals surface area contributed by atoms with E-state index in [4.69, 9.17) is 16.3 Å². The Balaban J connectivity index is 1.60. The normalized spacial score (nSPS) is 16.1. The lowest BCUT2D eigenvalue weighted by Gasteiger charge is -2.11. The number of hydrogen-bond donors (Lipinski definition) is 1. The second-order valence-corrected chi connectivity index (χ2v) is 9.46. The summed E-state index contributed by atoms with van der Waals surface area (Å²) in [6.45, 7) is 6.71. The van der Waals surface area contributed by atoms with E-state index in [-0.39, 0.29) is 5.91 Å². The summed E-state index contributed by atoms with van der Waals surface area (Å²) in [5.41, 5.74) is 4.85. The van der Waals surface area contributed by atoms with Gasteiger partial charge >= 0.3 is 0 Å². The van der Waals surface area contributed by atoms with Gasteiger partial charge in [-0.3, -0.25) is 4.79 Å². The Hall–Kier alpha value is -2.48. The fourth-order valence-corrected chi connectivity index (χ4v) is 4.74. The Bertz CT molecular complexity index is 1250. The average molecular weight is 531 g/mol. The molecule has 1 aliphatic heterocycles. The Morgan fingerprint density at radius 3 is 2.62 bits per heavy atom. The minimum Gasteiger partial charge on any atom is -0.494 e. The molecule has 1 amide bonds. The van der Waals surface area contributed by atoms with Crippen LogP contribution in [0.4, 0.5) is 5.69 Å². The summed E-state index contributed by atoms with van der Waals surface area (Å²) in [5.74, 6) is 0.682. The number of hydrogen-bond acceptors (Lipinski definition) is 4. The van der Waals surface area contributed by atoms with Crippen LogP contribution in [0.1, 0.15) is 23.9 Å². The third-order valence-electron chi connectivity index (χ3n) is 4.95. The zero-order valence-corrected chi connectivity index (χ0v) is 20.9. The van der Waals surface area contributed by atoms with Gasteiger partial charge in [0.15, 0.2) is 5.17 Å². The molecule has 4 rings (SSSR count). The molecule has 1 fully saturated rings. The number of amidine groups is 1. The lowest BCUT2D eigenvalue weighted by Crippen LogP contribution is -2.19. The van der Waals surface area contributed by atoms with E-state index in [2.05, 4.69) is 43.8 Å². The highest BCUT2D eigenvalue weighted by atomic mass is 79.9. The van der Waals surface area contributed by atoms with Crippen molar-refractivity contribution in [2.45, 2.75) is 20.8 Å². The van der Waals surface area contributed by atoms with E-state index < -0.39 is 0 Å². The molecule has 1 N–H and O–H groups in total. The molecular formula is C24H21BrClN3O2S. The molecule has 0 unspecified atom stereocenters. The number of aliphatic imine (C=N–C) groups is 1. The van der Waals surface area contributed by atoms with Crippen molar-refractivity contribution in [2.24, 2.45) is 4.99 Å². The van der Waals surface area contributed by atoms with Crippen LogP contribution in [0, 0.1) is 13.8 Å². The van der Waals surface area contributed by atoms with E-state index in [9.17, 15) is 4.79 Å². The van der Waals surface area contributed by atoms with Crippen molar-refractivity contribution in [2.75, 3.05) is 6.61 Å². The van der Waals surface area contributed by atoms with Crippen molar-refractivity contribution >= 4 is 62.1 Å². The Labute approximate surface area is 204 Å². The Morgan fingerprint density at radius 1 is 1.19 bits per heavy atom. The summed E-state index contributed by atoms with van der Waals surface area (Å²) in [7, 11) is 0. The zero-order chi connectivity index (χ0) is 22.8. The molecule has 1 saturated heterocycles. The van der Waals surface area contributed by atoms with Gasteiger partial charge in [-0.05, 0) is 109 Å². The maximum absolute atomic E-state index is 12.5. The van der Waals surface area contributed by atoms with E-state index >= 15 is 0 Å². The van der Waals surface area contributed by atoms with Crippen LogP contribution in [0.25, 0.3) is 11.8 Å². The van der Waals surface area contributed by atoms with Crippen molar-refractivity contribution in [1.29, 1.82) is 0 Å². The van der Waals surface area contributed by atoms with Crippen LogP contribution in [-0.2, 0) is 4.79 Å². The minimum atomic E-state index is -0.164. The molecule has 1 aromatic heterocycles. The summed E-state index contributed by atoms with van der Waals surface area (Å²) < 4.78 is 8.51. The van der Waals surface area contributed by atoms with Crippen molar-refractivity contribution < 1.29 is 9.53 Å². The molecule has 0 saturated carbocycles. The van der Waals surface area contributed by atoms with Gasteiger partial charge in [0.25, 0.3) is 5.91 Å². The van der Waals surface area contributed by atoms with Gasteiger partial charge in [0.1, 0.15) is 5.75 Å². The largest absolute Gasteiger partial charge is 0.494 e. The van der Waals surface area contributed by atoms with Crippen molar-refractivity contribution in [3.8, 4) is 11.4 Å². The highest BCUT2D eigenvalue weighted by Gasteiger charge is 2.24. The maximum Gasteiger partial charge on any atom is 0.264 e. The molecule has 1 aliphatic rings. The minimum absolute atomic E-state index is 0.164. The van der Waals surface area contributed by atoms with Gasteiger partial charge in [-0.1, -0.05) is 11.6 Å². The van der Waals surface area contributed by atoms with E-state index in [1.54, 1.807) is 6.07 Å². The second-order valence-electron chi connectivity index (χ2n) is 7.17. The Kier molecular flexibility index (Phi) is 6.79. The van der Waals surface area contributed by atoms with Crippen LogP contribution in [0.3, 0.4) is 0 Å². The van der Waals surface area contributed by atoms with Crippen LogP contribution < -0.4 is 10.1 Å². The molecular weight excluding hydrogens is 510 g/mol. The number of carbonyl (C=O) groups is 1. The van der Waals surface area contributed by atoms with Crippen molar-refractivity contribution in [1.82, 2.24) is 9.88 Å². The molecule has 2 heterocycles.